The van der Waals surface area contributed by atoms with E-state index in [1.807, 2.05) is 0 Å². The van der Waals surface area contributed by atoms with Gasteiger partial charge in [0.2, 0.25) is 0 Å². The molecule has 2 fully saturated rings. The van der Waals surface area contributed by atoms with Crippen molar-refractivity contribution in [1.82, 2.24) is 5.32 Å². The first-order chi connectivity index (χ1) is 8.70. The fraction of sp³-hybridized carbons (Fsp3) is 1.00. The molecule has 0 aromatic heterocycles. The Bertz CT molecular complexity index is 257. The van der Waals surface area contributed by atoms with Crippen molar-refractivity contribution in [3.05, 3.63) is 0 Å². The van der Waals surface area contributed by atoms with Gasteiger partial charge in [-0.1, -0.05) is 20.3 Å². The van der Waals surface area contributed by atoms with Crippen molar-refractivity contribution in [1.29, 1.82) is 0 Å². The summed E-state index contributed by atoms with van der Waals surface area (Å²) in [5.41, 5.74) is 0.0666. The quantitative estimate of drug-likeness (QED) is 0.711. The second-order valence-electron chi connectivity index (χ2n) is 6.20. The molecule has 0 heterocycles. The Hall–Kier alpha value is 0.270. The zero-order valence-electron chi connectivity index (χ0n) is 12.0. The summed E-state index contributed by atoms with van der Waals surface area (Å²) in [6, 6.07) is 0.708. The molecular weight excluding hydrogens is 242 g/mol. The van der Waals surface area contributed by atoms with Crippen molar-refractivity contribution in [3.8, 4) is 0 Å². The number of aliphatic hydroxyl groups is 1. The van der Waals surface area contributed by atoms with Crippen LogP contribution in [0.4, 0.5) is 0 Å². The molecule has 0 bridgehead atoms. The molecule has 2 aliphatic carbocycles. The van der Waals surface area contributed by atoms with Crippen molar-refractivity contribution in [3.63, 3.8) is 0 Å². The molecule has 2 N–H and O–H groups in total. The van der Waals surface area contributed by atoms with Gasteiger partial charge in [0.25, 0.3) is 0 Å². The predicted octanol–water partition coefficient (Wildman–Crippen LogP) is 3.19. The predicted molar refractivity (Wildman–Crippen MR) is 80.1 cm³/mol. The van der Waals surface area contributed by atoms with Gasteiger partial charge in [-0.05, 0) is 50.2 Å². The molecule has 0 aromatic rings. The minimum absolute atomic E-state index is 0.0666. The lowest BCUT2D eigenvalue weighted by molar-refractivity contribution is 0.120. The monoisotopic (exact) mass is 271 g/mol. The summed E-state index contributed by atoms with van der Waals surface area (Å²) < 4.78 is 0. The molecule has 2 saturated carbocycles. The number of hydrogen-bond donors (Lipinski definition) is 2. The number of thioether (sulfide) groups is 1. The van der Waals surface area contributed by atoms with Crippen LogP contribution in [0.25, 0.3) is 0 Å². The summed E-state index contributed by atoms with van der Waals surface area (Å²) in [4.78, 5) is 0. The molecule has 0 radical (unpaired) electrons. The average molecular weight is 271 g/mol. The first kappa shape index (κ1) is 14.7. The third-order valence-corrected chi connectivity index (χ3v) is 6.13. The maximum atomic E-state index is 9.85. The summed E-state index contributed by atoms with van der Waals surface area (Å²) in [6.45, 7) is 4.92. The lowest BCUT2D eigenvalue weighted by Gasteiger charge is -2.35. The Morgan fingerprint density at radius 1 is 1.39 bits per heavy atom. The van der Waals surface area contributed by atoms with E-state index >= 15 is 0 Å². The van der Waals surface area contributed by atoms with Crippen LogP contribution in [-0.4, -0.2) is 34.3 Å². The van der Waals surface area contributed by atoms with Crippen molar-refractivity contribution >= 4 is 11.8 Å². The van der Waals surface area contributed by atoms with Crippen molar-refractivity contribution in [2.24, 2.45) is 5.92 Å². The lowest BCUT2D eigenvalue weighted by Crippen LogP contribution is -2.52. The van der Waals surface area contributed by atoms with E-state index in [9.17, 15) is 5.11 Å². The molecule has 3 atom stereocenters. The molecule has 18 heavy (non-hydrogen) atoms. The van der Waals surface area contributed by atoms with E-state index < -0.39 is 0 Å². The summed E-state index contributed by atoms with van der Waals surface area (Å²) in [6.07, 6.45) is 8.95. The number of rotatable bonds is 8. The Kier molecular flexibility index (Phi) is 5.40. The van der Waals surface area contributed by atoms with Gasteiger partial charge in [-0.2, -0.15) is 11.8 Å². The van der Waals surface area contributed by atoms with Gasteiger partial charge >= 0.3 is 0 Å². The Balaban J connectivity index is 1.81. The average Bonchev–Trinajstić information content (AvgIpc) is 3.10. The van der Waals surface area contributed by atoms with Gasteiger partial charge in [0.15, 0.2) is 0 Å². The van der Waals surface area contributed by atoms with Crippen molar-refractivity contribution in [2.45, 2.75) is 75.6 Å². The minimum Gasteiger partial charge on any atom is -0.394 e. The lowest BCUT2D eigenvalue weighted by atomic mass is 9.85. The highest BCUT2D eigenvalue weighted by Crippen LogP contribution is 2.40. The molecule has 0 spiro atoms. The van der Waals surface area contributed by atoms with Crippen LogP contribution in [0, 0.1) is 5.92 Å². The fourth-order valence-corrected chi connectivity index (χ4v) is 4.23. The molecule has 2 nitrogen and oxygen atoms in total. The number of hydrogen-bond acceptors (Lipinski definition) is 3. The van der Waals surface area contributed by atoms with Gasteiger partial charge in [-0.3, -0.25) is 0 Å². The zero-order valence-corrected chi connectivity index (χ0v) is 12.8. The second kappa shape index (κ2) is 6.62. The van der Waals surface area contributed by atoms with E-state index in [0.29, 0.717) is 18.6 Å². The Morgan fingerprint density at radius 2 is 2.17 bits per heavy atom. The zero-order chi connectivity index (χ0) is 13.0. The van der Waals surface area contributed by atoms with Crippen LogP contribution in [-0.2, 0) is 0 Å². The van der Waals surface area contributed by atoms with Gasteiger partial charge < -0.3 is 10.4 Å². The minimum atomic E-state index is 0.0666. The molecule has 106 valence electrons. The SMILES string of the molecule is CCC(C)SCCC1CCCC1(CO)NC1CC1. The molecule has 0 amide bonds. The van der Waals surface area contributed by atoms with Crippen molar-refractivity contribution < 1.29 is 5.11 Å². The molecular formula is C15H29NOS. The first-order valence-corrected chi connectivity index (χ1v) is 8.75. The smallest absolute Gasteiger partial charge is 0.0616 e. The summed E-state index contributed by atoms with van der Waals surface area (Å²) in [5.74, 6) is 1.95. The normalized spacial score (nSPS) is 33.8. The highest BCUT2D eigenvalue weighted by atomic mass is 32.2. The highest BCUT2D eigenvalue weighted by Gasteiger charge is 2.44. The van der Waals surface area contributed by atoms with Crippen LogP contribution in [0.3, 0.4) is 0 Å². The number of nitrogens with one attached hydrogen (secondary N) is 1. The third kappa shape index (κ3) is 3.64. The summed E-state index contributed by atoms with van der Waals surface area (Å²) >= 11 is 2.10. The van der Waals surface area contributed by atoms with Crippen LogP contribution in [0.1, 0.15) is 58.8 Å². The van der Waals surface area contributed by atoms with Crippen LogP contribution in [0.5, 0.6) is 0 Å². The third-order valence-electron chi connectivity index (χ3n) is 4.75. The van der Waals surface area contributed by atoms with Gasteiger partial charge in [-0.25, -0.2) is 0 Å². The van der Waals surface area contributed by atoms with Gasteiger partial charge in [0.05, 0.1) is 6.61 Å². The Morgan fingerprint density at radius 3 is 2.78 bits per heavy atom. The van der Waals surface area contributed by atoms with Gasteiger partial charge in [0, 0.05) is 16.8 Å². The maximum absolute atomic E-state index is 9.85. The molecule has 3 heteroatoms. The van der Waals surface area contributed by atoms with E-state index in [-0.39, 0.29) is 5.54 Å². The molecule has 0 aliphatic heterocycles. The topological polar surface area (TPSA) is 32.3 Å². The van der Waals surface area contributed by atoms with Crippen molar-refractivity contribution in [2.75, 3.05) is 12.4 Å². The summed E-state index contributed by atoms with van der Waals surface area (Å²) in [5, 5.41) is 14.4. The largest absolute Gasteiger partial charge is 0.394 e. The Labute approximate surface area is 116 Å². The van der Waals surface area contributed by atoms with E-state index in [1.165, 1.54) is 50.7 Å². The van der Waals surface area contributed by atoms with E-state index in [2.05, 4.69) is 30.9 Å². The van der Waals surface area contributed by atoms with Crippen LogP contribution in [0.15, 0.2) is 0 Å². The number of aliphatic hydroxyl groups excluding tert-OH is 1. The first-order valence-electron chi connectivity index (χ1n) is 7.70. The molecule has 2 aliphatic rings. The van der Waals surface area contributed by atoms with E-state index in [4.69, 9.17) is 0 Å². The van der Waals surface area contributed by atoms with Crippen LogP contribution >= 0.6 is 11.8 Å². The highest BCUT2D eigenvalue weighted by molar-refractivity contribution is 7.99. The maximum Gasteiger partial charge on any atom is 0.0616 e. The standard InChI is InChI=1S/C15H29NOS/c1-3-12(2)18-10-8-13-5-4-9-15(13,11-17)16-14-6-7-14/h12-14,16-17H,3-11H2,1-2H3. The van der Waals surface area contributed by atoms with E-state index in [0.717, 1.165) is 5.25 Å². The van der Waals surface area contributed by atoms with Crippen LogP contribution in [0.2, 0.25) is 0 Å². The molecule has 2 rings (SSSR count). The van der Waals surface area contributed by atoms with Gasteiger partial charge in [-0.15, -0.1) is 0 Å². The summed E-state index contributed by atoms with van der Waals surface area (Å²) in [7, 11) is 0. The molecule has 0 aromatic carbocycles. The molecule has 0 saturated heterocycles. The molecule has 3 unspecified atom stereocenters. The van der Waals surface area contributed by atoms with Crippen LogP contribution < -0.4 is 5.32 Å². The van der Waals surface area contributed by atoms with Gasteiger partial charge in [0.1, 0.15) is 0 Å². The van der Waals surface area contributed by atoms with E-state index in [1.54, 1.807) is 0 Å². The fourth-order valence-electron chi connectivity index (χ4n) is 3.17. The second-order valence-corrected chi connectivity index (χ2v) is 7.75.